The molecule has 0 fully saturated rings. The Hall–Kier alpha value is 0.310. The first-order valence-electron chi connectivity index (χ1n) is 3.91. The Labute approximate surface area is 68.2 Å². The summed E-state index contributed by atoms with van der Waals surface area (Å²) in [6.45, 7) is 7.04. The number of aliphatic hydroxyl groups excluding tert-OH is 1. The van der Waals surface area contributed by atoms with Gasteiger partial charge in [-0.25, -0.2) is 0 Å². The second-order valence-electron chi connectivity index (χ2n) is 2.90. The van der Waals surface area contributed by atoms with Crippen molar-refractivity contribution in [3.63, 3.8) is 0 Å². The van der Waals surface area contributed by atoms with Gasteiger partial charge in [0.25, 0.3) is 0 Å². The predicted molar refractivity (Wildman–Crippen MR) is 48.5 cm³/mol. The van der Waals surface area contributed by atoms with E-state index in [0.717, 1.165) is 23.3 Å². The number of hydrogen-bond donors (Lipinski definition) is 1. The van der Waals surface area contributed by atoms with Crippen LogP contribution in [-0.4, -0.2) is 22.7 Å². The van der Waals surface area contributed by atoms with Crippen molar-refractivity contribution in [1.82, 2.24) is 0 Å². The molecule has 1 N–H and O–H groups in total. The van der Waals surface area contributed by atoms with E-state index in [4.69, 9.17) is 5.11 Å². The van der Waals surface area contributed by atoms with Gasteiger partial charge in [-0.1, -0.05) is 20.8 Å². The first-order valence-corrected chi connectivity index (χ1v) is 4.95. The number of aliphatic hydroxyl groups is 1. The molecular weight excluding hydrogens is 144 g/mol. The van der Waals surface area contributed by atoms with Crippen molar-refractivity contribution in [2.75, 3.05) is 12.4 Å². The zero-order valence-electron chi connectivity index (χ0n) is 7.13. The molecule has 0 aromatic heterocycles. The highest BCUT2D eigenvalue weighted by Crippen LogP contribution is 2.18. The van der Waals surface area contributed by atoms with Gasteiger partial charge in [-0.05, 0) is 18.1 Å². The molecule has 1 nitrogen and oxygen atoms in total. The average Bonchev–Trinajstić information content (AvgIpc) is 1.88. The van der Waals surface area contributed by atoms with Crippen molar-refractivity contribution >= 4 is 11.8 Å². The Morgan fingerprint density at radius 2 is 1.90 bits per heavy atom. The molecule has 10 heavy (non-hydrogen) atoms. The lowest BCUT2D eigenvalue weighted by Crippen LogP contribution is -2.06. The van der Waals surface area contributed by atoms with Gasteiger partial charge in [0, 0.05) is 11.9 Å². The van der Waals surface area contributed by atoms with E-state index in [2.05, 4.69) is 20.8 Å². The van der Waals surface area contributed by atoms with Crippen LogP contribution in [0.5, 0.6) is 0 Å². The monoisotopic (exact) mass is 162 g/mol. The number of rotatable bonds is 5. The summed E-state index contributed by atoms with van der Waals surface area (Å²) >= 11 is 1.95. The van der Waals surface area contributed by atoms with Crippen molar-refractivity contribution < 1.29 is 5.11 Å². The molecule has 1 atom stereocenters. The van der Waals surface area contributed by atoms with Crippen molar-refractivity contribution in [3.05, 3.63) is 0 Å². The van der Waals surface area contributed by atoms with Crippen LogP contribution in [0, 0.1) is 5.92 Å². The molecule has 0 aromatic rings. The van der Waals surface area contributed by atoms with E-state index < -0.39 is 0 Å². The van der Waals surface area contributed by atoms with Gasteiger partial charge < -0.3 is 5.11 Å². The van der Waals surface area contributed by atoms with Crippen LogP contribution in [0.3, 0.4) is 0 Å². The highest BCUT2D eigenvalue weighted by molar-refractivity contribution is 7.99. The second kappa shape index (κ2) is 6.05. The van der Waals surface area contributed by atoms with E-state index in [1.165, 1.54) is 0 Å². The fourth-order valence-corrected chi connectivity index (χ4v) is 1.58. The molecule has 1 unspecified atom stereocenters. The summed E-state index contributed by atoms with van der Waals surface area (Å²) in [5, 5.41) is 9.23. The summed E-state index contributed by atoms with van der Waals surface area (Å²) in [6.07, 6.45) is 0.932. The highest BCUT2D eigenvalue weighted by Gasteiger charge is 2.05. The van der Waals surface area contributed by atoms with Crippen LogP contribution in [0.15, 0.2) is 0 Å². The van der Waals surface area contributed by atoms with Gasteiger partial charge in [0.2, 0.25) is 0 Å². The van der Waals surface area contributed by atoms with Gasteiger partial charge in [0.05, 0.1) is 0 Å². The normalized spacial score (nSPS) is 14.1. The molecular formula is C8H18OS. The Balaban J connectivity index is 3.13. The van der Waals surface area contributed by atoms with E-state index in [1.807, 2.05) is 11.8 Å². The fraction of sp³-hybridized carbons (Fsp3) is 1.00. The molecule has 0 saturated carbocycles. The molecule has 0 spiro atoms. The molecule has 0 aliphatic rings. The standard InChI is InChI=1S/C8H18OS/c1-7(2)8(3)10-6-4-5-9/h7-9H,4-6H2,1-3H3. The third kappa shape index (κ3) is 5.12. The lowest BCUT2D eigenvalue weighted by atomic mass is 10.2. The van der Waals surface area contributed by atoms with E-state index >= 15 is 0 Å². The molecule has 0 amide bonds. The van der Waals surface area contributed by atoms with Gasteiger partial charge in [0.15, 0.2) is 0 Å². The minimum Gasteiger partial charge on any atom is -0.396 e. The average molecular weight is 162 g/mol. The highest BCUT2D eigenvalue weighted by atomic mass is 32.2. The molecule has 0 rings (SSSR count). The fourth-order valence-electron chi connectivity index (χ4n) is 0.526. The first-order chi connectivity index (χ1) is 4.68. The minimum atomic E-state index is 0.331. The maximum absolute atomic E-state index is 8.50. The van der Waals surface area contributed by atoms with Crippen molar-refractivity contribution in [2.45, 2.75) is 32.4 Å². The van der Waals surface area contributed by atoms with Crippen LogP contribution in [0.2, 0.25) is 0 Å². The van der Waals surface area contributed by atoms with Crippen LogP contribution in [0.25, 0.3) is 0 Å². The topological polar surface area (TPSA) is 20.2 Å². The summed E-state index contributed by atoms with van der Waals surface area (Å²) in [4.78, 5) is 0. The van der Waals surface area contributed by atoms with Crippen molar-refractivity contribution in [2.24, 2.45) is 5.92 Å². The van der Waals surface area contributed by atoms with E-state index in [-0.39, 0.29) is 0 Å². The largest absolute Gasteiger partial charge is 0.396 e. The zero-order chi connectivity index (χ0) is 7.98. The van der Waals surface area contributed by atoms with E-state index in [0.29, 0.717) is 6.61 Å². The molecule has 0 radical (unpaired) electrons. The summed E-state index contributed by atoms with van der Waals surface area (Å²) in [6, 6.07) is 0. The number of thioether (sulfide) groups is 1. The van der Waals surface area contributed by atoms with Gasteiger partial charge in [0.1, 0.15) is 0 Å². The Morgan fingerprint density at radius 3 is 2.30 bits per heavy atom. The summed E-state index contributed by atoms with van der Waals surface area (Å²) in [5.41, 5.74) is 0. The Morgan fingerprint density at radius 1 is 1.30 bits per heavy atom. The lowest BCUT2D eigenvalue weighted by Gasteiger charge is -2.13. The third-order valence-corrected chi connectivity index (χ3v) is 3.22. The smallest absolute Gasteiger partial charge is 0.0438 e. The summed E-state index contributed by atoms with van der Waals surface area (Å²) in [5.74, 6) is 1.85. The van der Waals surface area contributed by atoms with Gasteiger partial charge >= 0.3 is 0 Å². The van der Waals surface area contributed by atoms with Crippen LogP contribution < -0.4 is 0 Å². The lowest BCUT2D eigenvalue weighted by molar-refractivity contribution is 0.296. The van der Waals surface area contributed by atoms with E-state index in [1.54, 1.807) is 0 Å². The van der Waals surface area contributed by atoms with Gasteiger partial charge in [-0.15, -0.1) is 0 Å². The molecule has 0 saturated heterocycles. The van der Waals surface area contributed by atoms with Crippen molar-refractivity contribution in [1.29, 1.82) is 0 Å². The molecule has 2 heteroatoms. The molecule has 0 bridgehead atoms. The second-order valence-corrected chi connectivity index (χ2v) is 4.38. The van der Waals surface area contributed by atoms with Gasteiger partial charge in [-0.2, -0.15) is 11.8 Å². The Kier molecular flexibility index (Phi) is 6.24. The maximum Gasteiger partial charge on any atom is 0.0438 e. The quantitative estimate of drug-likeness (QED) is 0.625. The summed E-state index contributed by atoms with van der Waals surface area (Å²) < 4.78 is 0. The zero-order valence-corrected chi connectivity index (χ0v) is 7.95. The van der Waals surface area contributed by atoms with Crippen LogP contribution in [0.4, 0.5) is 0 Å². The SMILES string of the molecule is CC(C)C(C)SCCCO. The van der Waals surface area contributed by atoms with Crippen LogP contribution in [0.1, 0.15) is 27.2 Å². The number of hydrogen-bond acceptors (Lipinski definition) is 2. The van der Waals surface area contributed by atoms with Crippen LogP contribution >= 0.6 is 11.8 Å². The minimum absolute atomic E-state index is 0.331. The predicted octanol–water partition coefficient (Wildman–Crippen LogP) is 2.15. The molecule has 0 aliphatic carbocycles. The first kappa shape index (κ1) is 10.3. The van der Waals surface area contributed by atoms with E-state index in [9.17, 15) is 0 Å². The molecule has 0 heterocycles. The van der Waals surface area contributed by atoms with Gasteiger partial charge in [-0.3, -0.25) is 0 Å². The molecule has 62 valence electrons. The van der Waals surface area contributed by atoms with Crippen molar-refractivity contribution in [3.8, 4) is 0 Å². The summed E-state index contributed by atoms with van der Waals surface area (Å²) in [7, 11) is 0. The maximum atomic E-state index is 8.50. The molecule has 0 aliphatic heterocycles. The van der Waals surface area contributed by atoms with Crippen LogP contribution in [-0.2, 0) is 0 Å². The third-order valence-electron chi connectivity index (χ3n) is 1.62. The molecule has 0 aromatic carbocycles. The Bertz CT molecular complexity index is 73.7.